The van der Waals surface area contributed by atoms with Crippen LogP contribution in [0, 0.1) is 0 Å². The molecule has 0 amide bonds. The Morgan fingerprint density at radius 1 is 1.32 bits per heavy atom. The Labute approximate surface area is 115 Å². The van der Waals surface area contributed by atoms with Crippen LogP contribution in [-0.4, -0.2) is 27.1 Å². The Hall–Kier alpha value is -1.36. The van der Waals surface area contributed by atoms with Crippen LogP contribution >= 0.6 is 0 Å². The zero-order valence-corrected chi connectivity index (χ0v) is 12.2. The first-order chi connectivity index (χ1) is 9.10. The maximum atomic E-state index is 5.85. The summed E-state index contributed by atoms with van der Waals surface area (Å²) < 4.78 is 0. The molecule has 2 heterocycles. The van der Waals surface area contributed by atoms with Gasteiger partial charge in [0.2, 0.25) is 0 Å². The highest BCUT2D eigenvalue weighted by molar-refractivity contribution is 5.44. The molecule has 1 aromatic heterocycles. The van der Waals surface area contributed by atoms with Gasteiger partial charge in [-0.1, -0.05) is 13.3 Å². The number of nitrogen functional groups attached to an aromatic ring is 1. The van der Waals surface area contributed by atoms with E-state index < -0.39 is 0 Å². The predicted octanol–water partition coefficient (Wildman–Crippen LogP) is 2.60. The van der Waals surface area contributed by atoms with Crippen LogP contribution in [0.15, 0.2) is 6.07 Å². The Kier molecular flexibility index (Phi) is 4.58. The molecule has 0 aromatic carbocycles. The normalized spacial score (nSPS) is 24.4. The van der Waals surface area contributed by atoms with E-state index in [-0.39, 0.29) is 0 Å². The molecule has 1 aliphatic heterocycles. The lowest BCUT2D eigenvalue weighted by atomic mass is 10.00. The summed E-state index contributed by atoms with van der Waals surface area (Å²) in [5, 5.41) is 2.29. The molecule has 106 valence electrons. The summed E-state index contributed by atoms with van der Waals surface area (Å²) in [4.78, 5) is 8.81. The predicted molar refractivity (Wildman–Crippen MR) is 78.7 cm³/mol. The summed E-state index contributed by atoms with van der Waals surface area (Å²) >= 11 is 0. The number of rotatable bonds is 4. The molecule has 3 N–H and O–H groups in total. The molecule has 0 radical (unpaired) electrons. The molecule has 1 aliphatic rings. The van der Waals surface area contributed by atoms with Crippen LogP contribution < -0.4 is 11.2 Å². The summed E-state index contributed by atoms with van der Waals surface area (Å²) in [7, 11) is 0. The molecule has 0 spiro atoms. The third kappa shape index (κ3) is 3.56. The maximum Gasteiger partial charge on any atom is 0.146 e. The van der Waals surface area contributed by atoms with E-state index in [0.717, 1.165) is 24.5 Å². The van der Waals surface area contributed by atoms with Gasteiger partial charge in [0.15, 0.2) is 0 Å². The van der Waals surface area contributed by atoms with Gasteiger partial charge < -0.3 is 11.2 Å². The summed E-state index contributed by atoms with van der Waals surface area (Å²) in [5.74, 6) is 2.18. The Bertz CT molecular complexity index is 410. The van der Waals surface area contributed by atoms with Crippen molar-refractivity contribution in [1.82, 2.24) is 15.0 Å². The number of hydrogen-bond donors (Lipinski definition) is 2. The molecule has 0 bridgehead atoms. The Morgan fingerprint density at radius 2 is 2.00 bits per heavy atom. The van der Waals surface area contributed by atoms with Gasteiger partial charge in [0.25, 0.3) is 0 Å². The van der Waals surface area contributed by atoms with E-state index in [0.29, 0.717) is 17.9 Å². The zero-order chi connectivity index (χ0) is 13.8. The number of anilines is 2. The lowest BCUT2D eigenvalue weighted by Gasteiger charge is -2.39. The highest BCUT2D eigenvalue weighted by atomic mass is 15.5. The smallest absolute Gasteiger partial charge is 0.146 e. The van der Waals surface area contributed by atoms with E-state index in [1.807, 2.05) is 6.07 Å². The largest absolute Gasteiger partial charge is 0.384 e. The molecule has 1 fully saturated rings. The molecule has 0 aliphatic carbocycles. The Morgan fingerprint density at radius 3 is 2.63 bits per heavy atom. The minimum absolute atomic E-state index is 0.523. The molecule has 0 saturated carbocycles. The highest BCUT2D eigenvalue weighted by Crippen LogP contribution is 2.23. The van der Waals surface area contributed by atoms with Crippen molar-refractivity contribution in [3.63, 3.8) is 0 Å². The van der Waals surface area contributed by atoms with Crippen molar-refractivity contribution in [3.05, 3.63) is 11.9 Å². The van der Waals surface area contributed by atoms with Crippen LogP contribution in [0.25, 0.3) is 0 Å². The number of aromatic nitrogens is 2. The minimum atomic E-state index is 0.523. The van der Waals surface area contributed by atoms with E-state index in [1.54, 1.807) is 0 Å². The fourth-order valence-corrected chi connectivity index (χ4v) is 2.68. The van der Waals surface area contributed by atoms with Gasteiger partial charge in [-0.2, -0.15) is 0 Å². The SMILES string of the molecule is CCCc1nc(N)cc(NN2C(C)CCCC2C)n1. The summed E-state index contributed by atoms with van der Waals surface area (Å²) in [6.45, 7) is 6.62. The van der Waals surface area contributed by atoms with Gasteiger partial charge in [0.05, 0.1) is 0 Å². The number of hydrazine groups is 1. The average Bonchev–Trinajstić information content (AvgIpc) is 2.34. The summed E-state index contributed by atoms with van der Waals surface area (Å²) in [5.41, 5.74) is 9.28. The zero-order valence-electron chi connectivity index (χ0n) is 12.2. The number of nitrogens with two attached hydrogens (primary N) is 1. The second-order valence-corrected chi connectivity index (χ2v) is 5.49. The van der Waals surface area contributed by atoms with Gasteiger partial charge in [-0.15, -0.1) is 0 Å². The van der Waals surface area contributed by atoms with Crippen molar-refractivity contribution in [3.8, 4) is 0 Å². The Balaban J connectivity index is 2.13. The lowest BCUT2D eigenvalue weighted by molar-refractivity contribution is 0.135. The van der Waals surface area contributed by atoms with Crippen LogP contribution in [0.5, 0.6) is 0 Å². The highest BCUT2D eigenvalue weighted by Gasteiger charge is 2.25. The number of aryl methyl sites for hydroxylation is 1. The van der Waals surface area contributed by atoms with Gasteiger partial charge in [-0.3, -0.25) is 0 Å². The van der Waals surface area contributed by atoms with Crippen molar-refractivity contribution < 1.29 is 0 Å². The third-order valence-electron chi connectivity index (χ3n) is 3.70. The molecule has 19 heavy (non-hydrogen) atoms. The first kappa shape index (κ1) is 14.1. The summed E-state index contributed by atoms with van der Waals surface area (Å²) in [6, 6.07) is 2.86. The monoisotopic (exact) mass is 263 g/mol. The van der Waals surface area contributed by atoms with Crippen LogP contribution in [0.4, 0.5) is 11.6 Å². The van der Waals surface area contributed by atoms with Gasteiger partial charge in [-0.05, 0) is 33.1 Å². The number of piperidine rings is 1. The average molecular weight is 263 g/mol. The standard InChI is InChI=1S/C14H25N5/c1-4-6-13-16-12(15)9-14(17-13)18-19-10(2)7-5-8-11(19)3/h9-11H,4-8H2,1-3H3,(H3,15,16,17,18). The van der Waals surface area contributed by atoms with E-state index in [9.17, 15) is 0 Å². The second-order valence-electron chi connectivity index (χ2n) is 5.49. The van der Waals surface area contributed by atoms with Crippen molar-refractivity contribution in [2.75, 3.05) is 11.2 Å². The van der Waals surface area contributed by atoms with Gasteiger partial charge >= 0.3 is 0 Å². The van der Waals surface area contributed by atoms with Crippen LogP contribution in [0.2, 0.25) is 0 Å². The molecule has 5 heteroatoms. The summed E-state index contributed by atoms with van der Waals surface area (Å²) in [6.07, 6.45) is 5.64. The van der Waals surface area contributed by atoms with E-state index in [2.05, 4.69) is 41.2 Å². The quantitative estimate of drug-likeness (QED) is 0.874. The fourth-order valence-electron chi connectivity index (χ4n) is 2.68. The number of hydrogen-bond acceptors (Lipinski definition) is 5. The maximum absolute atomic E-state index is 5.85. The van der Waals surface area contributed by atoms with Crippen molar-refractivity contribution in [2.24, 2.45) is 0 Å². The van der Waals surface area contributed by atoms with Crippen molar-refractivity contribution >= 4 is 11.6 Å². The molecule has 2 unspecified atom stereocenters. The van der Waals surface area contributed by atoms with Crippen molar-refractivity contribution in [2.45, 2.75) is 65.0 Å². The molecule has 1 saturated heterocycles. The molecule has 2 rings (SSSR count). The van der Waals surface area contributed by atoms with E-state index in [1.165, 1.54) is 19.3 Å². The fraction of sp³-hybridized carbons (Fsp3) is 0.714. The van der Waals surface area contributed by atoms with Gasteiger partial charge in [0.1, 0.15) is 17.5 Å². The van der Waals surface area contributed by atoms with Crippen molar-refractivity contribution in [1.29, 1.82) is 0 Å². The number of nitrogens with zero attached hydrogens (tertiary/aromatic N) is 3. The topological polar surface area (TPSA) is 67.1 Å². The third-order valence-corrected chi connectivity index (χ3v) is 3.70. The molecule has 5 nitrogen and oxygen atoms in total. The van der Waals surface area contributed by atoms with E-state index in [4.69, 9.17) is 5.73 Å². The van der Waals surface area contributed by atoms with Crippen LogP contribution in [0.3, 0.4) is 0 Å². The van der Waals surface area contributed by atoms with Gasteiger partial charge in [0, 0.05) is 24.6 Å². The first-order valence-corrected chi connectivity index (χ1v) is 7.28. The van der Waals surface area contributed by atoms with Crippen LogP contribution in [-0.2, 0) is 6.42 Å². The first-order valence-electron chi connectivity index (χ1n) is 7.28. The molecule has 1 aromatic rings. The minimum Gasteiger partial charge on any atom is -0.384 e. The lowest BCUT2D eigenvalue weighted by Crippen LogP contribution is -2.47. The second kappa shape index (κ2) is 6.19. The molecular formula is C14H25N5. The van der Waals surface area contributed by atoms with E-state index >= 15 is 0 Å². The van der Waals surface area contributed by atoms with Gasteiger partial charge in [-0.25, -0.2) is 15.0 Å². The number of nitrogens with one attached hydrogen (secondary N) is 1. The molecular weight excluding hydrogens is 238 g/mol. The molecule has 2 atom stereocenters. The van der Waals surface area contributed by atoms with Crippen LogP contribution in [0.1, 0.15) is 52.3 Å².